The Morgan fingerprint density at radius 2 is 2.07 bits per heavy atom. The van der Waals surface area contributed by atoms with E-state index in [2.05, 4.69) is 20.0 Å². The maximum Gasteiger partial charge on any atom is 0.340 e. The first kappa shape index (κ1) is 21.1. The topological polar surface area (TPSA) is 89.0 Å². The summed E-state index contributed by atoms with van der Waals surface area (Å²) in [5, 5.41) is 2.63. The van der Waals surface area contributed by atoms with Gasteiger partial charge in [-0.25, -0.2) is 18.6 Å². The SMILES string of the molecule is Cc1c[nH]c(=O)n1-c1cccc(NC(=O)c2ccc(OCC(F)(F)C(F)F)nc2)c1. The van der Waals surface area contributed by atoms with Crippen molar-refractivity contribution in [2.45, 2.75) is 19.3 Å². The molecule has 0 aliphatic carbocycles. The van der Waals surface area contributed by atoms with Crippen LogP contribution in [0.5, 0.6) is 5.88 Å². The first-order valence-electron chi connectivity index (χ1n) is 8.61. The van der Waals surface area contributed by atoms with Gasteiger partial charge in [-0.15, -0.1) is 0 Å². The van der Waals surface area contributed by atoms with Crippen LogP contribution >= 0.6 is 0 Å². The Balaban J connectivity index is 1.68. The third-order valence-electron chi connectivity index (χ3n) is 4.05. The zero-order valence-corrected chi connectivity index (χ0v) is 15.5. The second-order valence-electron chi connectivity index (χ2n) is 6.31. The van der Waals surface area contributed by atoms with Crippen molar-refractivity contribution in [2.75, 3.05) is 11.9 Å². The van der Waals surface area contributed by atoms with Crippen LogP contribution < -0.4 is 15.7 Å². The molecule has 0 radical (unpaired) electrons. The molecule has 2 N–H and O–H groups in total. The molecule has 0 aliphatic rings. The Morgan fingerprint density at radius 3 is 2.67 bits per heavy atom. The summed E-state index contributed by atoms with van der Waals surface area (Å²) in [5.41, 5.74) is 1.39. The number of carbonyl (C=O) groups is 1. The highest BCUT2D eigenvalue weighted by Crippen LogP contribution is 2.24. The van der Waals surface area contributed by atoms with E-state index in [1.165, 1.54) is 10.6 Å². The third-order valence-corrected chi connectivity index (χ3v) is 4.05. The van der Waals surface area contributed by atoms with E-state index in [4.69, 9.17) is 0 Å². The van der Waals surface area contributed by atoms with Gasteiger partial charge in [0.25, 0.3) is 5.91 Å². The van der Waals surface area contributed by atoms with Crippen molar-refractivity contribution in [2.24, 2.45) is 0 Å². The van der Waals surface area contributed by atoms with E-state index in [0.717, 1.165) is 12.3 Å². The van der Waals surface area contributed by atoms with Gasteiger partial charge in [-0.05, 0) is 31.2 Å². The first-order valence-corrected chi connectivity index (χ1v) is 8.61. The molecule has 0 aliphatic heterocycles. The van der Waals surface area contributed by atoms with Crippen LogP contribution in [0.1, 0.15) is 16.1 Å². The molecule has 3 rings (SSSR count). The molecule has 0 atom stereocenters. The minimum atomic E-state index is -4.30. The number of carbonyl (C=O) groups excluding carboxylic acids is 1. The summed E-state index contributed by atoms with van der Waals surface area (Å²) in [6.07, 6.45) is -1.24. The van der Waals surface area contributed by atoms with Gasteiger partial charge >= 0.3 is 18.0 Å². The molecule has 0 saturated carbocycles. The number of alkyl halides is 4. The normalized spacial score (nSPS) is 11.5. The van der Waals surface area contributed by atoms with Crippen molar-refractivity contribution in [1.29, 1.82) is 0 Å². The van der Waals surface area contributed by atoms with Crippen LogP contribution in [-0.2, 0) is 0 Å². The van der Waals surface area contributed by atoms with Gasteiger partial charge in [0.1, 0.15) is 0 Å². The Morgan fingerprint density at radius 1 is 1.30 bits per heavy atom. The fraction of sp³-hybridized carbons (Fsp3) is 0.211. The number of rotatable bonds is 7. The Kier molecular flexibility index (Phi) is 5.90. The first-order chi connectivity index (χ1) is 14.2. The highest BCUT2D eigenvalue weighted by molar-refractivity contribution is 6.04. The predicted octanol–water partition coefficient (Wildman–Crippen LogP) is 3.40. The van der Waals surface area contributed by atoms with E-state index < -0.39 is 24.9 Å². The van der Waals surface area contributed by atoms with Gasteiger partial charge < -0.3 is 15.0 Å². The van der Waals surface area contributed by atoms with Gasteiger partial charge in [0.15, 0.2) is 6.61 Å². The van der Waals surface area contributed by atoms with Gasteiger partial charge in [-0.2, -0.15) is 8.78 Å². The smallest absolute Gasteiger partial charge is 0.340 e. The molecule has 1 aromatic carbocycles. The molecule has 30 heavy (non-hydrogen) atoms. The third kappa shape index (κ3) is 4.67. The lowest BCUT2D eigenvalue weighted by atomic mass is 10.2. The average Bonchev–Trinajstić information content (AvgIpc) is 3.05. The summed E-state index contributed by atoms with van der Waals surface area (Å²) in [7, 11) is 0. The summed E-state index contributed by atoms with van der Waals surface area (Å²) in [6, 6.07) is 8.94. The summed E-state index contributed by atoms with van der Waals surface area (Å²) in [5.74, 6) is -5.18. The van der Waals surface area contributed by atoms with Crippen molar-refractivity contribution in [3.8, 4) is 11.6 Å². The number of nitrogens with zero attached hydrogens (tertiary/aromatic N) is 2. The average molecular weight is 424 g/mol. The second kappa shape index (κ2) is 8.39. The van der Waals surface area contributed by atoms with Gasteiger partial charge in [0.05, 0.1) is 11.3 Å². The lowest BCUT2D eigenvalue weighted by molar-refractivity contribution is -0.148. The number of aryl methyl sites for hydroxylation is 1. The van der Waals surface area contributed by atoms with E-state index in [0.29, 0.717) is 17.1 Å². The molecule has 2 aromatic heterocycles. The Labute approximate surface area is 167 Å². The second-order valence-corrected chi connectivity index (χ2v) is 6.31. The molecule has 158 valence electrons. The Bertz CT molecular complexity index is 1090. The van der Waals surface area contributed by atoms with Crippen LogP contribution in [0.15, 0.2) is 53.6 Å². The van der Waals surface area contributed by atoms with Gasteiger partial charge in [-0.3, -0.25) is 9.36 Å². The van der Waals surface area contributed by atoms with Crippen LogP contribution in [0, 0.1) is 6.92 Å². The Hall–Kier alpha value is -3.63. The summed E-state index contributed by atoms with van der Waals surface area (Å²) < 4.78 is 56.0. The summed E-state index contributed by atoms with van der Waals surface area (Å²) >= 11 is 0. The molecular formula is C19H16F4N4O3. The number of benzene rings is 1. The van der Waals surface area contributed by atoms with Crippen LogP contribution in [0.2, 0.25) is 0 Å². The number of aromatic amines is 1. The monoisotopic (exact) mass is 424 g/mol. The predicted molar refractivity (Wildman–Crippen MR) is 99.8 cm³/mol. The zero-order valence-electron chi connectivity index (χ0n) is 15.5. The summed E-state index contributed by atoms with van der Waals surface area (Å²) in [6.45, 7) is 0.212. The number of anilines is 1. The van der Waals surface area contributed by atoms with E-state index in [-0.39, 0.29) is 17.1 Å². The number of amides is 1. The number of imidazole rings is 1. The van der Waals surface area contributed by atoms with E-state index in [9.17, 15) is 27.2 Å². The van der Waals surface area contributed by atoms with E-state index in [1.54, 1.807) is 37.4 Å². The fourth-order valence-electron chi connectivity index (χ4n) is 2.54. The molecule has 3 aromatic rings. The number of hydrogen-bond donors (Lipinski definition) is 2. The lowest BCUT2D eigenvalue weighted by Crippen LogP contribution is -2.33. The number of H-pyrrole nitrogens is 1. The molecule has 7 nitrogen and oxygen atoms in total. The highest BCUT2D eigenvalue weighted by atomic mass is 19.3. The fourth-order valence-corrected chi connectivity index (χ4v) is 2.54. The van der Waals surface area contributed by atoms with Gasteiger partial charge in [-0.1, -0.05) is 6.07 Å². The molecule has 1 amide bonds. The molecule has 0 spiro atoms. The largest absolute Gasteiger partial charge is 0.471 e. The number of nitrogens with one attached hydrogen (secondary N) is 2. The molecule has 0 saturated heterocycles. The number of ether oxygens (including phenoxy) is 1. The van der Waals surface area contributed by atoms with Crippen molar-refractivity contribution in [3.63, 3.8) is 0 Å². The maximum absolute atomic E-state index is 12.9. The van der Waals surface area contributed by atoms with Crippen LogP contribution in [-0.4, -0.2) is 39.4 Å². The van der Waals surface area contributed by atoms with Crippen LogP contribution in [0.3, 0.4) is 0 Å². The number of pyridine rings is 1. The molecule has 2 heterocycles. The molecule has 11 heteroatoms. The maximum atomic E-state index is 12.9. The number of hydrogen-bond acceptors (Lipinski definition) is 4. The van der Waals surface area contributed by atoms with Crippen LogP contribution in [0.4, 0.5) is 23.2 Å². The van der Waals surface area contributed by atoms with E-state index in [1.807, 2.05) is 0 Å². The number of aromatic nitrogens is 3. The minimum absolute atomic E-state index is 0.0864. The standard InChI is InChI=1S/C19H16F4N4O3/c1-11-8-25-18(29)27(11)14-4-2-3-13(7-14)26-16(28)12-5-6-15(24-9-12)30-10-19(22,23)17(20)21/h2-9,17H,10H2,1H3,(H,25,29)(H,26,28). The van der Waals surface area contributed by atoms with Crippen LogP contribution in [0.25, 0.3) is 5.69 Å². The van der Waals surface area contributed by atoms with Gasteiger partial charge in [0.2, 0.25) is 5.88 Å². The van der Waals surface area contributed by atoms with Crippen molar-refractivity contribution in [3.05, 3.63) is 70.5 Å². The number of halogens is 4. The van der Waals surface area contributed by atoms with Crippen molar-refractivity contribution < 1.29 is 27.1 Å². The lowest BCUT2D eigenvalue weighted by Gasteiger charge is -2.15. The zero-order chi connectivity index (χ0) is 21.9. The molecule has 0 bridgehead atoms. The molecular weight excluding hydrogens is 408 g/mol. The summed E-state index contributed by atoms with van der Waals surface area (Å²) in [4.78, 5) is 30.5. The quantitative estimate of drug-likeness (QED) is 0.569. The molecule has 0 fully saturated rings. The van der Waals surface area contributed by atoms with E-state index >= 15 is 0 Å². The minimum Gasteiger partial charge on any atom is -0.471 e. The highest BCUT2D eigenvalue weighted by Gasteiger charge is 2.41. The van der Waals surface area contributed by atoms with Crippen molar-refractivity contribution in [1.82, 2.24) is 14.5 Å². The van der Waals surface area contributed by atoms with Gasteiger partial charge in [0, 0.05) is 29.8 Å². The molecule has 0 unspecified atom stereocenters. The van der Waals surface area contributed by atoms with Crippen molar-refractivity contribution >= 4 is 11.6 Å².